The lowest BCUT2D eigenvalue weighted by Crippen LogP contribution is -2.23. The molecular formula is C19H18N2. The van der Waals surface area contributed by atoms with Crippen LogP contribution in [0.3, 0.4) is 0 Å². The number of rotatable bonds is 2. The van der Waals surface area contributed by atoms with Gasteiger partial charge >= 0.3 is 0 Å². The zero-order valence-corrected chi connectivity index (χ0v) is 12.1. The molecule has 0 saturated carbocycles. The van der Waals surface area contributed by atoms with Crippen molar-refractivity contribution in [1.29, 1.82) is 0 Å². The molecule has 0 unspecified atom stereocenters. The predicted octanol–water partition coefficient (Wildman–Crippen LogP) is 4.94. The van der Waals surface area contributed by atoms with Crippen LogP contribution < -0.4 is 10.6 Å². The van der Waals surface area contributed by atoms with Crippen LogP contribution in [0.25, 0.3) is 10.8 Å². The fourth-order valence-electron chi connectivity index (χ4n) is 3.09. The van der Waals surface area contributed by atoms with Gasteiger partial charge < -0.3 is 10.6 Å². The predicted molar refractivity (Wildman–Crippen MR) is 89.8 cm³/mol. The molecule has 2 N–H and O–H groups in total. The maximum Gasteiger partial charge on any atom is 0.123 e. The van der Waals surface area contributed by atoms with Gasteiger partial charge in [0.1, 0.15) is 6.17 Å². The minimum absolute atomic E-state index is 0.122. The molecule has 104 valence electrons. The van der Waals surface area contributed by atoms with Crippen LogP contribution in [0.2, 0.25) is 0 Å². The molecule has 0 saturated heterocycles. The summed E-state index contributed by atoms with van der Waals surface area (Å²) < 4.78 is 0. The minimum Gasteiger partial charge on any atom is -0.361 e. The summed E-state index contributed by atoms with van der Waals surface area (Å²) in [5.41, 5.74) is 5.05. The minimum atomic E-state index is 0.122. The first kappa shape index (κ1) is 12.3. The van der Waals surface area contributed by atoms with Crippen LogP contribution in [-0.4, -0.2) is 0 Å². The summed E-state index contributed by atoms with van der Waals surface area (Å²) in [5, 5.41) is 9.79. The molecule has 0 amide bonds. The van der Waals surface area contributed by atoms with Gasteiger partial charge in [-0.25, -0.2) is 0 Å². The molecule has 0 spiro atoms. The third kappa shape index (κ3) is 2.04. The van der Waals surface area contributed by atoms with E-state index >= 15 is 0 Å². The monoisotopic (exact) mass is 274 g/mol. The molecule has 3 aromatic carbocycles. The molecule has 2 nitrogen and oxygen atoms in total. The quantitative estimate of drug-likeness (QED) is 0.691. The van der Waals surface area contributed by atoms with Crippen LogP contribution >= 0.6 is 0 Å². The van der Waals surface area contributed by atoms with Gasteiger partial charge in [0.15, 0.2) is 0 Å². The molecule has 0 fully saturated rings. The van der Waals surface area contributed by atoms with Crippen molar-refractivity contribution in [2.45, 2.75) is 19.5 Å². The summed E-state index contributed by atoms with van der Waals surface area (Å²) in [6.07, 6.45) is 1.18. The average Bonchev–Trinajstić information content (AvgIpc) is 2.55. The van der Waals surface area contributed by atoms with Crippen molar-refractivity contribution >= 4 is 22.1 Å². The van der Waals surface area contributed by atoms with E-state index in [2.05, 4.69) is 78.2 Å². The Hall–Kier alpha value is -2.48. The normalized spacial score (nSPS) is 13.8. The van der Waals surface area contributed by atoms with Crippen molar-refractivity contribution in [2.24, 2.45) is 0 Å². The third-order valence-electron chi connectivity index (χ3n) is 4.20. The molecule has 0 aliphatic carbocycles. The summed E-state index contributed by atoms with van der Waals surface area (Å²) in [6.45, 7) is 2.19. The molecule has 4 rings (SSSR count). The van der Waals surface area contributed by atoms with Crippen LogP contribution in [0.15, 0.2) is 60.7 Å². The number of nitrogens with one attached hydrogen (secondary N) is 2. The Balaban J connectivity index is 1.79. The van der Waals surface area contributed by atoms with E-state index in [1.54, 1.807) is 0 Å². The highest BCUT2D eigenvalue weighted by Gasteiger charge is 2.19. The lowest BCUT2D eigenvalue weighted by atomic mass is 10.0. The molecule has 0 atom stereocenters. The van der Waals surface area contributed by atoms with Crippen molar-refractivity contribution in [3.63, 3.8) is 0 Å². The number of hydrogen-bond donors (Lipinski definition) is 2. The van der Waals surface area contributed by atoms with E-state index < -0.39 is 0 Å². The molecule has 1 aliphatic heterocycles. The van der Waals surface area contributed by atoms with E-state index in [0.717, 1.165) is 6.42 Å². The second-order valence-corrected chi connectivity index (χ2v) is 5.53. The highest BCUT2D eigenvalue weighted by Crippen LogP contribution is 2.38. The molecular weight excluding hydrogens is 256 g/mol. The Morgan fingerprint density at radius 3 is 2.19 bits per heavy atom. The van der Waals surface area contributed by atoms with Crippen LogP contribution in [-0.2, 0) is 6.42 Å². The molecule has 0 bridgehead atoms. The van der Waals surface area contributed by atoms with Crippen LogP contribution in [0, 0.1) is 0 Å². The summed E-state index contributed by atoms with van der Waals surface area (Å²) >= 11 is 0. The van der Waals surface area contributed by atoms with Gasteiger partial charge in [0.25, 0.3) is 0 Å². The first-order chi connectivity index (χ1) is 10.3. The fraction of sp³-hybridized carbons (Fsp3) is 0.158. The average molecular weight is 274 g/mol. The van der Waals surface area contributed by atoms with E-state index in [0.29, 0.717) is 0 Å². The molecule has 3 aromatic rings. The zero-order chi connectivity index (χ0) is 14.2. The van der Waals surface area contributed by atoms with E-state index in [9.17, 15) is 0 Å². The zero-order valence-electron chi connectivity index (χ0n) is 12.1. The van der Waals surface area contributed by atoms with E-state index in [-0.39, 0.29) is 6.17 Å². The maximum absolute atomic E-state index is 3.62. The molecule has 2 heteroatoms. The first-order valence-electron chi connectivity index (χ1n) is 7.49. The number of aryl methyl sites for hydroxylation is 1. The van der Waals surface area contributed by atoms with Gasteiger partial charge in [-0.3, -0.25) is 0 Å². The first-order valence-corrected chi connectivity index (χ1v) is 7.49. The number of anilines is 2. The SMILES string of the molecule is CCc1cccc(C2Nc3cccc4cccc(c34)N2)c1. The smallest absolute Gasteiger partial charge is 0.123 e. The third-order valence-corrected chi connectivity index (χ3v) is 4.20. The van der Waals surface area contributed by atoms with Crippen molar-refractivity contribution in [3.05, 3.63) is 71.8 Å². The summed E-state index contributed by atoms with van der Waals surface area (Å²) in [7, 11) is 0. The van der Waals surface area contributed by atoms with Gasteiger partial charge in [-0.05, 0) is 35.1 Å². The number of benzene rings is 3. The van der Waals surface area contributed by atoms with Crippen molar-refractivity contribution < 1.29 is 0 Å². The van der Waals surface area contributed by atoms with Gasteiger partial charge in [0.05, 0.1) is 0 Å². The van der Waals surface area contributed by atoms with Gasteiger partial charge in [-0.2, -0.15) is 0 Å². The highest BCUT2D eigenvalue weighted by molar-refractivity contribution is 6.04. The van der Waals surface area contributed by atoms with Crippen LogP contribution in [0.4, 0.5) is 11.4 Å². The lowest BCUT2D eigenvalue weighted by molar-refractivity contribution is 0.892. The van der Waals surface area contributed by atoms with E-state index in [1.165, 1.54) is 33.3 Å². The lowest BCUT2D eigenvalue weighted by Gasteiger charge is -2.30. The second-order valence-electron chi connectivity index (χ2n) is 5.53. The molecule has 0 radical (unpaired) electrons. The summed E-state index contributed by atoms with van der Waals surface area (Å²) in [5.74, 6) is 0. The fourth-order valence-corrected chi connectivity index (χ4v) is 3.09. The van der Waals surface area contributed by atoms with Crippen LogP contribution in [0.1, 0.15) is 24.2 Å². The second kappa shape index (κ2) is 4.81. The summed E-state index contributed by atoms with van der Waals surface area (Å²) in [6, 6.07) is 21.6. The standard InChI is InChI=1S/C19H18N2/c1-2-13-6-3-9-15(12-13)19-20-16-10-4-7-14-8-5-11-17(21-19)18(14)16/h3-12,19-21H,2H2,1H3. The molecule has 1 aliphatic rings. The van der Waals surface area contributed by atoms with Gasteiger partial charge in [0.2, 0.25) is 0 Å². The highest BCUT2D eigenvalue weighted by atomic mass is 15.1. The molecule has 1 heterocycles. The molecule has 0 aromatic heterocycles. The Morgan fingerprint density at radius 1 is 0.857 bits per heavy atom. The maximum atomic E-state index is 3.62. The summed E-state index contributed by atoms with van der Waals surface area (Å²) in [4.78, 5) is 0. The largest absolute Gasteiger partial charge is 0.361 e. The topological polar surface area (TPSA) is 24.1 Å². The Bertz CT molecular complexity index is 767. The number of hydrogen-bond acceptors (Lipinski definition) is 2. The van der Waals surface area contributed by atoms with Crippen molar-refractivity contribution in [1.82, 2.24) is 0 Å². The van der Waals surface area contributed by atoms with E-state index in [4.69, 9.17) is 0 Å². The van der Waals surface area contributed by atoms with Crippen LogP contribution in [0.5, 0.6) is 0 Å². The van der Waals surface area contributed by atoms with Crippen molar-refractivity contribution in [2.75, 3.05) is 10.6 Å². The van der Waals surface area contributed by atoms with Crippen molar-refractivity contribution in [3.8, 4) is 0 Å². The Labute approximate surface area is 124 Å². The Morgan fingerprint density at radius 2 is 1.52 bits per heavy atom. The molecule has 21 heavy (non-hydrogen) atoms. The van der Waals surface area contributed by atoms with Gasteiger partial charge in [-0.1, -0.05) is 55.5 Å². The Kier molecular flexibility index (Phi) is 2.81. The van der Waals surface area contributed by atoms with Gasteiger partial charge in [0, 0.05) is 16.8 Å². The van der Waals surface area contributed by atoms with E-state index in [1.807, 2.05) is 0 Å². The van der Waals surface area contributed by atoms with Gasteiger partial charge in [-0.15, -0.1) is 0 Å².